The summed E-state index contributed by atoms with van der Waals surface area (Å²) in [6.45, 7) is 1.31. The third kappa shape index (κ3) is 2.05. The predicted octanol–water partition coefficient (Wildman–Crippen LogP) is 1.47. The van der Waals surface area contributed by atoms with Crippen LogP contribution in [0.4, 0.5) is 14.5 Å². The summed E-state index contributed by atoms with van der Waals surface area (Å²) in [6.07, 6.45) is -0.227. The molecule has 0 bridgehead atoms. The van der Waals surface area contributed by atoms with Gasteiger partial charge in [-0.1, -0.05) is 0 Å². The van der Waals surface area contributed by atoms with E-state index in [-0.39, 0.29) is 30.1 Å². The summed E-state index contributed by atoms with van der Waals surface area (Å²) >= 11 is 0. The summed E-state index contributed by atoms with van der Waals surface area (Å²) in [5.41, 5.74) is -2.04. The molecule has 4 nitrogen and oxygen atoms in total. The molecule has 1 heterocycles. The molecule has 1 unspecified atom stereocenters. The Bertz CT molecular complexity index is 519. The van der Waals surface area contributed by atoms with Gasteiger partial charge in [0, 0.05) is 31.1 Å². The highest BCUT2D eigenvalue weighted by Gasteiger charge is 2.47. The second-order valence-corrected chi connectivity index (χ2v) is 4.18. The van der Waals surface area contributed by atoms with Gasteiger partial charge in [0.15, 0.2) is 0 Å². The Morgan fingerprint density at radius 1 is 1.50 bits per heavy atom. The van der Waals surface area contributed by atoms with Crippen LogP contribution in [-0.2, 0) is 15.3 Å². The van der Waals surface area contributed by atoms with Crippen molar-refractivity contribution in [2.24, 2.45) is 0 Å². The smallest absolute Gasteiger partial charge is 0.266 e. The van der Waals surface area contributed by atoms with E-state index in [4.69, 9.17) is 0 Å². The molecule has 1 atom stereocenters. The predicted molar refractivity (Wildman–Crippen MR) is 61.1 cm³/mol. The van der Waals surface area contributed by atoms with E-state index in [1.165, 1.54) is 13.0 Å². The minimum Gasteiger partial charge on any atom is -0.356 e. The summed E-state index contributed by atoms with van der Waals surface area (Å²) in [5.74, 6) is -1.74. The van der Waals surface area contributed by atoms with Crippen molar-refractivity contribution in [1.29, 1.82) is 0 Å². The molecule has 0 saturated carbocycles. The normalized spacial score (nSPS) is 21.4. The quantitative estimate of drug-likeness (QED) is 0.858. The second kappa shape index (κ2) is 4.36. The van der Waals surface area contributed by atoms with Crippen LogP contribution in [0.1, 0.15) is 18.9 Å². The molecular formula is C12H12F2N2O2. The van der Waals surface area contributed by atoms with E-state index in [9.17, 15) is 18.4 Å². The van der Waals surface area contributed by atoms with Gasteiger partial charge in [0.25, 0.3) is 5.91 Å². The van der Waals surface area contributed by atoms with Crippen molar-refractivity contribution in [3.63, 3.8) is 0 Å². The van der Waals surface area contributed by atoms with E-state index < -0.39 is 17.4 Å². The number of amides is 2. The van der Waals surface area contributed by atoms with Gasteiger partial charge in [0.2, 0.25) is 11.6 Å². The summed E-state index contributed by atoms with van der Waals surface area (Å²) in [5, 5.41) is 4.77. The van der Waals surface area contributed by atoms with E-state index in [1.807, 2.05) is 0 Å². The molecule has 0 saturated heterocycles. The van der Waals surface area contributed by atoms with Crippen molar-refractivity contribution >= 4 is 17.5 Å². The van der Waals surface area contributed by atoms with Crippen LogP contribution in [0.25, 0.3) is 0 Å². The topological polar surface area (TPSA) is 58.2 Å². The zero-order valence-electron chi connectivity index (χ0n) is 9.72. The molecule has 2 N–H and O–H groups in total. The molecule has 18 heavy (non-hydrogen) atoms. The minimum absolute atomic E-state index is 0.00913. The van der Waals surface area contributed by atoms with Gasteiger partial charge in [-0.05, 0) is 18.2 Å². The number of alkyl halides is 1. The first-order valence-electron chi connectivity index (χ1n) is 5.48. The number of fused-ring (bicyclic) bond motifs is 1. The third-order valence-corrected chi connectivity index (χ3v) is 2.86. The van der Waals surface area contributed by atoms with Gasteiger partial charge in [-0.3, -0.25) is 9.59 Å². The maximum Gasteiger partial charge on any atom is 0.266 e. The van der Waals surface area contributed by atoms with Crippen molar-refractivity contribution in [2.45, 2.75) is 19.0 Å². The minimum atomic E-state index is -2.29. The Labute approximate surface area is 102 Å². The third-order valence-electron chi connectivity index (χ3n) is 2.86. The van der Waals surface area contributed by atoms with E-state index in [1.54, 1.807) is 0 Å². The first-order chi connectivity index (χ1) is 8.43. The highest BCUT2D eigenvalue weighted by molar-refractivity contribution is 6.05. The Balaban J connectivity index is 2.24. The summed E-state index contributed by atoms with van der Waals surface area (Å²) in [4.78, 5) is 22.3. The molecule has 0 aliphatic carbocycles. The summed E-state index contributed by atoms with van der Waals surface area (Å²) in [6, 6.07) is 3.47. The zero-order chi connectivity index (χ0) is 13.3. The lowest BCUT2D eigenvalue weighted by Gasteiger charge is -2.17. The van der Waals surface area contributed by atoms with Gasteiger partial charge < -0.3 is 10.6 Å². The molecular weight excluding hydrogens is 242 g/mol. The van der Waals surface area contributed by atoms with Gasteiger partial charge in [-0.2, -0.15) is 0 Å². The maximum absolute atomic E-state index is 14.6. The summed E-state index contributed by atoms with van der Waals surface area (Å²) in [7, 11) is 0. The van der Waals surface area contributed by atoms with Crippen molar-refractivity contribution < 1.29 is 18.4 Å². The molecule has 0 aromatic heterocycles. The van der Waals surface area contributed by atoms with E-state index in [2.05, 4.69) is 10.6 Å². The number of carbonyl (C=O) groups is 2. The molecule has 1 aliphatic heterocycles. The van der Waals surface area contributed by atoms with Crippen molar-refractivity contribution in [2.75, 3.05) is 11.9 Å². The Morgan fingerprint density at radius 3 is 2.89 bits per heavy atom. The van der Waals surface area contributed by atoms with Gasteiger partial charge >= 0.3 is 0 Å². The van der Waals surface area contributed by atoms with Gasteiger partial charge in [0.05, 0.1) is 0 Å². The van der Waals surface area contributed by atoms with Crippen LogP contribution in [0.15, 0.2) is 18.2 Å². The highest BCUT2D eigenvalue weighted by atomic mass is 19.1. The molecule has 0 fully saturated rings. The number of nitrogens with one attached hydrogen (secondary N) is 2. The molecule has 1 aliphatic rings. The fraction of sp³-hybridized carbons (Fsp3) is 0.333. The average Bonchev–Trinajstić information content (AvgIpc) is 2.52. The van der Waals surface area contributed by atoms with Gasteiger partial charge in [-0.25, -0.2) is 8.78 Å². The van der Waals surface area contributed by atoms with Crippen molar-refractivity contribution in [3.8, 4) is 0 Å². The monoisotopic (exact) mass is 254 g/mol. The number of benzene rings is 1. The first-order valence-corrected chi connectivity index (χ1v) is 5.48. The molecule has 1 aromatic carbocycles. The average molecular weight is 254 g/mol. The SMILES string of the molecule is CC(=O)NCCC1(F)C(=O)Nc2ccc(F)cc21. The molecule has 1 aromatic rings. The van der Waals surface area contributed by atoms with Gasteiger partial charge in [0.1, 0.15) is 5.82 Å². The molecule has 96 valence electrons. The molecule has 2 rings (SSSR count). The number of carbonyl (C=O) groups excluding carboxylic acids is 2. The van der Waals surface area contributed by atoms with Gasteiger partial charge in [-0.15, -0.1) is 0 Å². The molecule has 0 spiro atoms. The lowest BCUT2D eigenvalue weighted by molar-refractivity contribution is -0.128. The number of anilines is 1. The van der Waals surface area contributed by atoms with E-state index in [0.29, 0.717) is 0 Å². The zero-order valence-corrected chi connectivity index (χ0v) is 9.72. The fourth-order valence-electron chi connectivity index (χ4n) is 1.96. The Kier molecular flexibility index (Phi) is 3.02. The van der Waals surface area contributed by atoms with Crippen LogP contribution in [0.3, 0.4) is 0 Å². The standard InChI is InChI=1S/C12H12F2N2O2/c1-7(17)15-5-4-12(14)9-6-8(13)2-3-10(9)16-11(12)18/h2-3,6H,4-5H2,1H3,(H,15,17)(H,16,18). The van der Waals surface area contributed by atoms with Crippen LogP contribution < -0.4 is 10.6 Å². The molecule has 6 heteroatoms. The van der Waals surface area contributed by atoms with E-state index in [0.717, 1.165) is 12.1 Å². The van der Waals surface area contributed by atoms with Crippen LogP contribution in [0, 0.1) is 5.82 Å². The second-order valence-electron chi connectivity index (χ2n) is 4.18. The number of hydrogen-bond acceptors (Lipinski definition) is 2. The largest absolute Gasteiger partial charge is 0.356 e. The molecule has 0 radical (unpaired) electrons. The lowest BCUT2D eigenvalue weighted by atomic mass is 9.93. The van der Waals surface area contributed by atoms with Crippen LogP contribution >= 0.6 is 0 Å². The molecule has 2 amide bonds. The first kappa shape index (κ1) is 12.5. The van der Waals surface area contributed by atoms with Crippen LogP contribution in [0.5, 0.6) is 0 Å². The van der Waals surface area contributed by atoms with Crippen LogP contribution in [0.2, 0.25) is 0 Å². The highest BCUT2D eigenvalue weighted by Crippen LogP contribution is 2.41. The number of hydrogen-bond donors (Lipinski definition) is 2. The van der Waals surface area contributed by atoms with Crippen LogP contribution in [-0.4, -0.2) is 18.4 Å². The number of rotatable bonds is 3. The van der Waals surface area contributed by atoms with Crippen molar-refractivity contribution in [3.05, 3.63) is 29.6 Å². The Morgan fingerprint density at radius 2 is 2.22 bits per heavy atom. The van der Waals surface area contributed by atoms with Crippen molar-refractivity contribution in [1.82, 2.24) is 5.32 Å². The number of halogens is 2. The summed E-state index contributed by atoms with van der Waals surface area (Å²) < 4.78 is 27.7. The van der Waals surface area contributed by atoms with E-state index >= 15 is 0 Å². The maximum atomic E-state index is 14.6. The lowest BCUT2D eigenvalue weighted by Crippen LogP contribution is -2.34. The Hall–Kier alpha value is -1.98. The fourth-order valence-corrected chi connectivity index (χ4v) is 1.96.